The molecule has 0 aliphatic carbocycles. The molecule has 0 fully saturated rings. The second-order valence-corrected chi connectivity index (χ2v) is 6.66. The van der Waals surface area contributed by atoms with Gasteiger partial charge in [0.2, 0.25) is 0 Å². The number of carboxylic acid groups (broad SMARTS) is 1. The van der Waals surface area contributed by atoms with Gasteiger partial charge in [0, 0.05) is 15.6 Å². The van der Waals surface area contributed by atoms with Crippen molar-refractivity contribution in [3.8, 4) is 11.5 Å². The maximum atomic E-state index is 11.0. The average Bonchev–Trinajstić information content (AvgIpc) is 2.92. The first kappa shape index (κ1) is 15.0. The van der Waals surface area contributed by atoms with Crippen LogP contribution in [-0.4, -0.2) is 23.7 Å². The molecule has 0 saturated carbocycles. The van der Waals surface area contributed by atoms with Crippen LogP contribution < -0.4 is 10.5 Å². The minimum atomic E-state index is -0.894. The first-order valence-electron chi connectivity index (χ1n) is 7.29. The molecule has 1 spiro atoms. The lowest BCUT2D eigenvalue weighted by Gasteiger charge is -2.33. The Morgan fingerprint density at radius 1 is 1.25 bits per heavy atom. The zero-order valence-corrected chi connectivity index (χ0v) is 14.0. The molecular formula is C17H13BrN2O4. The van der Waals surface area contributed by atoms with E-state index in [1.165, 1.54) is 0 Å². The zero-order chi connectivity index (χ0) is 16.9. The van der Waals surface area contributed by atoms with Crippen LogP contribution >= 0.6 is 15.9 Å². The number of benzene rings is 2. The minimum Gasteiger partial charge on any atom is -0.481 e. The maximum Gasteiger partial charge on any atom is 0.307 e. The lowest BCUT2D eigenvalue weighted by Crippen LogP contribution is -2.31. The van der Waals surface area contributed by atoms with Crippen molar-refractivity contribution in [2.45, 2.75) is 12.0 Å². The number of hydrogen-bond donors (Lipinski definition) is 2. The molecule has 122 valence electrons. The van der Waals surface area contributed by atoms with E-state index in [4.69, 9.17) is 20.3 Å². The van der Waals surface area contributed by atoms with Gasteiger partial charge in [-0.15, -0.1) is 0 Å². The summed E-state index contributed by atoms with van der Waals surface area (Å²) in [6.07, 6.45) is -0.0746. The molecule has 0 amide bonds. The highest BCUT2D eigenvalue weighted by atomic mass is 79.9. The quantitative estimate of drug-likeness (QED) is 0.824. The molecule has 6 nitrogen and oxygen atoms in total. The summed E-state index contributed by atoms with van der Waals surface area (Å²) in [7, 11) is 0. The normalized spacial score (nSPS) is 20.6. The third kappa shape index (κ3) is 2.24. The van der Waals surface area contributed by atoms with E-state index >= 15 is 0 Å². The predicted octanol–water partition coefficient (Wildman–Crippen LogP) is 2.77. The smallest absolute Gasteiger partial charge is 0.307 e. The number of fused-ring (bicyclic) bond motifs is 4. The van der Waals surface area contributed by atoms with Gasteiger partial charge in [-0.3, -0.25) is 4.79 Å². The summed E-state index contributed by atoms with van der Waals surface area (Å²) in [6, 6.07) is 11.1. The van der Waals surface area contributed by atoms with Crippen LogP contribution in [0, 0.1) is 0 Å². The van der Waals surface area contributed by atoms with Crippen LogP contribution in [0.25, 0.3) is 0 Å². The average molecular weight is 389 g/mol. The monoisotopic (exact) mass is 388 g/mol. The predicted molar refractivity (Wildman–Crippen MR) is 90.4 cm³/mol. The van der Waals surface area contributed by atoms with E-state index in [0.29, 0.717) is 17.1 Å². The SMILES string of the molecule is NC1=N[C@]2(CO1)c1cc(Br)ccc1Oc1ccc(CC(=O)O)cc12. The maximum absolute atomic E-state index is 11.0. The molecule has 2 aliphatic heterocycles. The summed E-state index contributed by atoms with van der Waals surface area (Å²) >= 11 is 3.47. The number of amidine groups is 1. The van der Waals surface area contributed by atoms with Gasteiger partial charge in [0.15, 0.2) is 5.54 Å². The number of nitrogens with zero attached hydrogens (tertiary/aromatic N) is 1. The Kier molecular flexibility index (Phi) is 3.28. The van der Waals surface area contributed by atoms with Crippen molar-refractivity contribution < 1.29 is 19.4 Å². The molecular weight excluding hydrogens is 376 g/mol. The van der Waals surface area contributed by atoms with Gasteiger partial charge in [0.05, 0.1) is 6.42 Å². The number of aliphatic carboxylic acids is 1. The van der Waals surface area contributed by atoms with Crippen LogP contribution in [0.5, 0.6) is 11.5 Å². The summed E-state index contributed by atoms with van der Waals surface area (Å²) in [5, 5.41) is 9.05. The van der Waals surface area contributed by atoms with Gasteiger partial charge in [-0.1, -0.05) is 22.0 Å². The molecule has 4 rings (SSSR count). The summed E-state index contributed by atoms with van der Waals surface area (Å²) in [6.45, 7) is 0.245. The second-order valence-electron chi connectivity index (χ2n) is 5.74. The summed E-state index contributed by atoms with van der Waals surface area (Å²) in [4.78, 5) is 15.6. The lowest BCUT2D eigenvalue weighted by atomic mass is 9.80. The van der Waals surface area contributed by atoms with Gasteiger partial charge >= 0.3 is 5.97 Å². The summed E-state index contributed by atoms with van der Waals surface area (Å²) in [5.74, 6) is 0.411. The largest absolute Gasteiger partial charge is 0.481 e. The Balaban J connectivity index is 1.95. The molecule has 7 heteroatoms. The molecule has 0 saturated heterocycles. The third-order valence-electron chi connectivity index (χ3n) is 4.18. The van der Waals surface area contributed by atoms with E-state index in [2.05, 4.69) is 20.9 Å². The fraction of sp³-hybridized carbons (Fsp3) is 0.176. The Labute approximate surface area is 146 Å². The van der Waals surface area contributed by atoms with Gasteiger partial charge in [0.1, 0.15) is 18.1 Å². The van der Waals surface area contributed by atoms with E-state index in [1.54, 1.807) is 18.2 Å². The highest BCUT2D eigenvalue weighted by Crippen LogP contribution is 2.51. The first-order valence-corrected chi connectivity index (χ1v) is 8.08. The molecule has 2 heterocycles. The van der Waals surface area contributed by atoms with Crippen molar-refractivity contribution in [1.82, 2.24) is 0 Å². The molecule has 2 aromatic carbocycles. The van der Waals surface area contributed by atoms with Gasteiger partial charge in [-0.25, -0.2) is 4.99 Å². The summed E-state index contributed by atoms with van der Waals surface area (Å²) in [5.41, 5.74) is 7.22. The zero-order valence-electron chi connectivity index (χ0n) is 12.5. The van der Waals surface area contributed by atoms with Crippen molar-refractivity contribution in [3.05, 3.63) is 57.6 Å². The van der Waals surface area contributed by atoms with Crippen LogP contribution in [-0.2, 0) is 21.5 Å². The highest BCUT2D eigenvalue weighted by molar-refractivity contribution is 9.10. The molecule has 3 N–H and O–H groups in total. The van der Waals surface area contributed by atoms with Crippen molar-refractivity contribution in [1.29, 1.82) is 0 Å². The third-order valence-corrected chi connectivity index (χ3v) is 4.68. The number of nitrogens with two attached hydrogens (primary N) is 1. The fourth-order valence-electron chi connectivity index (χ4n) is 3.16. The molecule has 2 aromatic rings. The molecule has 0 aromatic heterocycles. The molecule has 0 bridgehead atoms. The standard InChI is InChI=1S/C17H13BrN2O4/c18-10-2-4-14-12(7-10)17(8-23-16(19)20-17)11-5-9(6-15(21)22)1-3-13(11)24-14/h1-5,7H,6,8H2,(H2,19,20)(H,21,22)/t17-/m0/s1. The Hall–Kier alpha value is -2.54. The molecule has 0 radical (unpaired) electrons. The molecule has 24 heavy (non-hydrogen) atoms. The molecule has 2 aliphatic rings. The van der Waals surface area contributed by atoms with Crippen LogP contribution in [0.4, 0.5) is 0 Å². The van der Waals surface area contributed by atoms with Crippen molar-refractivity contribution in [2.75, 3.05) is 6.61 Å². The number of carbonyl (C=O) groups is 1. The second kappa shape index (κ2) is 5.24. The molecule has 0 unspecified atom stereocenters. The van der Waals surface area contributed by atoms with Crippen molar-refractivity contribution in [2.24, 2.45) is 10.7 Å². The van der Waals surface area contributed by atoms with E-state index in [0.717, 1.165) is 15.6 Å². The summed E-state index contributed by atoms with van der Waals surface area (Å²) < 4.78 is 12.3. The van der Waals surface area contributed by atoms with Crippen LogP contribution in [0.2, 0.25) is 0 Å². The Morgan fingerprint density at radius 3 is 2.62 bits per heavy atom. The van der Waals surface area contributed by atoms with Crippen LogP contribution in [0.3, 0.4) is 0 Å². The minimum absolute atomic E-state index is 0.0746. The van der Waals surface area contributed by atoms with E-state index in [-0.39, 0.29) is 19.0 Å². The Morgan fingerprint density at radius 2 is 1.96 bits per heavy atom. The van der Waals surface area contributed by atoms with Gasteiger partial charge in [-0.2, -0.15) is 0 Å². The van der Waals surface area contributed by atoms with Crippen molar-refractivity contribution >= 4 is 27.9 Å². The fourth-order valence-corrected chi connectivity index (χ4v) is 3.52. The molecule has 1 atom stereocenters. The number of halogens is 1. The Bertz CT molecular complexity index is 896. The van der Waals surface area contributed by atoms with E-state index in [1.807, 2.05) is 18.2 Å². The lowest BCUT2D eigenvalue weighted by molar-refractivity contribution is -0.136. The van der Waals surface area contributed by atoms with Gasteiger partial charge in [0.25, 0.3) is 6.02 Å². The van der Waals surface area contributed by atoms with Crippen LogP contribution in [0.1, 0.15) is 16.7 Å². The first-order chi connectivity index (χ1) is 11.5. The van der Waals surface area contributed by atoms with E-state index in [9.17, 15) is 4.79 Å². The van der Waals surface area contributed by atoms with E-state index < -0.39 is 11.5 Å². The topological polar surface area (TPSA) is 94.1 Å². The number of carboxylic acids is 1. The number of rotatable bonds is 2. The number of aliphatic imine (C=N–C) groups is 1. The van der Waals surface area contributed by atoms with Gasteiger partial charge in [-0.05, 0) is 35.9 Å². The van der Waals surface area contributed by atoms with Gasteiger partial charge < -0.3 is 20.3 Å². The number of ether oxygens (including phenoxy) is 2. The van der Waals surface area contributed by atoms with Crippen molar-refractivity contribution in [3.63, 3.8) is 0 Å². The highest BCUT2D eigenvalue weighted by Gasteiger charge is 2.47. The van der Waals surface area contributed by atoms with Crippen LogP contribution in [0.15, 0.2) is 45.9 Å². The number of hydrogen-bond acceptors (Lipinski definition) is 5.